The van der Waals surface area contributed by atoms with Crippen LogP contribution in [0.4, 0.5) is 26.3 Å². The highest BCUT2D eigenvalue weighted by atomic mass is 19.4. The van der Waals surface area contributed by atoms with E-state index in [0.717, 1.165) is 18.2 Å². The minimum absolute atomic E-state index is 0.0551. The Balaban J connectivity index is 1.78. The first-order chi connectivity index (χ1) is 16.4. The Bertz CT molecular complexity index is 1380. The van der Waals surface area contributed by atoms with Crippen molar-refractivity contribution in [2.75, 3.05) is 7.05 Å². The summed E-state index contributed by atoms with van der Waals surface area (Å²) in [7, 11) is 1.42. The molecule has 3 aromatic heterocycles. The largest absolute Gasteiger partial charge is 0.459 e. The molecule has 0 aliphatic heterocycles. The van der Waals surface area contributed by atoms with Crippen molar-refractivity contribution in [3.8, 4) is 11.3 Å². The number of rotatable bonds is 6. The molecule has 1 amide bonds. The van der Waals surface area contributed by atoms with Crippen LogP contribution in [-0.4, -0.2) is 48.4 Å². The van der Waals surface area contributed by atoms with Crippen molar-refractivity contribution >= 4 is 11.6 Å². The Morgan fingerprint density at radius 1 is 1.03 bits per heavy atom. The fourth-order valence-corrected chi connectivity index (χ4v) is 3.39. The second-order valence-corrected chi connectivity index (χ2v) is 7.73. The Labute approximate surface area is 194 Å². The molecule has 4 rings (SSSR count). The van der Waals surface area contributed by atoms with Crippen molar-refractivity contribution in [2.24, 2.45) is 0 Å². The number of carbonyl (C=O) groups is 1. The standard InChI is InChI=1S/C22H18F6N6O/c1-3-33-9-8-15(30-33)12-32(2)20(35)17-11-19-29-16(13-4-6-14(23)7-5-13)10-18(34(19)31-17)21(24,25)22(26,27)28/h4-11H,3,12H2,1-2H3. The van der Waals surface area contributed by atoms with Gasteiger partial charge in [-0.3, -0.25) is 9.48 Å². The lowest BCUT2D eigenvalue weighted by molar-refractivity contribution is -0.291. The molecule has 0 aliphatic rings. The van der Waals surface area contributed by atoms with Crippen molar-refractivity contribution in [1.82, 2.24) is 29.3 Å². The highest BCUT2D eigenvalue weighted by molar-refractivity contribution is 5.93. The molecule has 0 unspecified atom stereocenters. The fourth-order valence-electron chi connectivity index (χ4n) is 3.39. The maximum atomic E-state index is 14.5. The smallest absolute Gasteiger partial charge is 0.334 e. The van der Waals surface area contributed by atoms with Crippen molar-refractivity contribution < 1.29 is 31.1 Å². The van der Waals surface area contributed by atoms with Gasteiger partial charge in [0.15, 0.2) is 11.3 Å². The lowest BCUT2D eigenvalue weighted by Crippen LogP contribution is -2.36. The van der Waals surface area contributed by atoms with Gasteiger partial charge in [-0.05, 0) is 43.3 Å². The Kier molecular flexibility index (Phi) is 6.03. The highest BCUT2D eigenvalue weighted by Crippen LogP contribution is 2.44. The van der Waals surface area contributed by atoms with Crippen LogP contribution in [0.1, 0.15) is 28.8 Å². The summed E-state index contributed by atoms with van der Waals surface area (Å²) >= 11 is 0. The molecule has 0 aliphatic carbocycles. The summed E-state index contributed by atoms with van der Waals surface area (Å²) in [5, 5.41) is 7.97. The van der Waals surface area contributed by atoms with Crippen molar-refractivity contribution in [1.29, 1.82) is 0 Å². The van der Waals surface area contributed by atoms with E-state index in [1.165, 1.54) is 24.1 Å². The third-order valence-corrected chi connectivity index (χ3v) is 5.23. The van der Waals surface area contributed by atoms with Crippen LogP contribution in [0.5, 0.6) is 0 Å². The number of alkyl halides is 5. The molecule has 1 aromatic carbocycles. The molecule has 0 fully saturated rings. The summed E-state index contributed by atoms with van der Waals surface area (Å²) in [6, 6.07) is 7.65. The van der Waals surface area contributed by atoms with Crippen LogP contribution < -0.4 is 0 Å². The molecule has 0 N–H and O–H groups in total. The lowest BCUT2D eigenvalue weighted by Gasteiger charge is -2.21. The van der Waals surface area contributed by atoms with Crippen molar-refractivity contribution in [2.45, 2.75) is 32.1 Å². The third kappa shape index (κ3) is 4.57. The predicted octanol–water partition coefficient (Wildman–Crippen LogP) is 4.68. The molecule has 0 radical (unpaired) electrons. The number of carbonyl (C=O) groups excluding carboxylic acids is 1. The van der Waals surface area contributed by atoms with Gasteiger partial charge in [-0.25, -0.2) is 13.9 Å². The van der Waals surface area contributed by atoms with E-state index in [9.17, 15) is 31.1 Å². The van der Waals surface area contributed by atoms with Gasteiger partial charge in [0.05, 0.1) is 17.9 Å². The Hall–Kier alpha value is -3.90. The summed E-state index contributed by atoms with van der Waals surface area (Å²) in [6.07, 6.45) is -4.22. The molecule has 0 bridgehead atoms. The molecule has 0 saturated carbocycles. The average Bonchev–Trinajstić information content (AvgIpc) is 3.44. The lowest BCUT2D eigenvalue weighted by atomic mass is 10.1. The summed E-state index contributed by atoms with van der Waals surface area (Å²) in [5.74, 6) is -6.67. The molecule has 3 heterocycles. The first-order valence-corrected chi connectivity index (χ1v) is 10.3. The van der Waals surface area contributed by atoms with E-state index in [1.807, 2.05) is 6.92 Å². The van der Waals surface area contributed by atoms with E-state index in [4.69, 9.17) is 0 Å². The number of halogens is 6. The predicted molar refractivity (Wildman–Crippen MR) is 112 cm³/mol. The van der Waals surface area contributed by atoms with E-state index < -0.39 is 35.2 Å². The zero-order valence-electron chi connectivity index (χ0n) is 18.4. The van der Waals surface area contributed by atoms with Crippen LogP contribution in [0, 0.1) is 5.82 Å². The van der Waals surface area contributed by atoms with Gasteiger partial charge in [0.1, 0.15) is 11.5 Å². The van der Waals surface area contributed by atoms with Gasteiger partial charge >= 0.3 is 12.1 Å². The first-order valence-electron chi connectivity index (χ1n) is 10.3. The average molecular weight is 496 g/mol. The van der Waals surface area contributed by atoms with Crippen molar-refractivity contribution in [3.63, 3.8) is 0 Å². The number of fused-ring (bicyclic) bond motifs is 1. The van der Waals surface area contributed by atoms with Crippen LogP contribution in [-0.2, 0) is 19.0 Å². The van der Waals surface area contributed by atoms with E-state index in [2.05, 4.69) is 15.2 Å². The second kappa shape index (κ2) is 8.71. The molecule has 0 spiro atoms. The SMILES string of the molecule is CCn1ccc(CN(C)C(=O)c2cc3nc(-c4ccc(F)cc4)cc(C(F)(F)C(F)(F)F)n3n2)n1. The fraction of sp³-hybridized carbons (Fsp3) is 0.273. The summed E-state index contributed by atoms with van der Waals surface area (Å²) in [5.41, 5.74) is -1.94. The van der Waals surface area contributed by atoms with E-state index in [-0.39, 0.29) is 23.5 Å². The third-order valence-electron chi connectivity index (χ3n) is 5.23. The number of aryl methyl sites for hydroxylation is 1. The van der Waals surface area contributed by atoms with Gasteiger partial charge in [0, 0.05) is 31.4 Å². The number of benzene rings is 1. The minimum atomic E-state index is -5.94. The summed E-state index contributed by atoms with van der Waals surface area (Å²) < 4.78 is 83.9. The van der Waals surface area contributed by atoms with Gasteiger partial charge in [-0.2, -0.15) is 32.1 Å². The number of hydrogen-bond donors (Lipinski definition) is 0. The van der Waals surface area contributed by atoms with Gasteiger partial charge in [-0.1, -0.05) is 0 Å². The molecule has 7 nitrogen and oxygen atoms in total. The molecule has 35 heavy (non-hydrogen) atoms. The molecule has 13 heteroatoms. The number of nitrogens with zero attached hydrogens (tertiary/aromatic N) is 6. The maximum Gasteiger partial charge on any atom is 0.459 e. The number of amides is 1. The molecule has 0 atom stereocenters. The molecular formula is C22H18F6N6O. The van der Waals surface area contributed by atoms with Crippen LogP contribution in [0.15, 0.2) is 48.7 Å². The Morgan fingerprint density at radius 3 is 2.31 bits per heavy atom. The van der Waals surface area contributed by atoms with Crippen LogP contribution in [0.3, 0.4) is 0 Å². The quantitative estimate of drug-likeness (QED) is 0.364. The topological polar surface area (TPSA) is 68.3 Å². The normalized spacial score (nSPS) is 12.3. The molecule has 184 valence electrons. The van der Waals surface area contributed by atoms with Gasteiger partial charge in [0.25, 0.3) is 5.91 Å². The van der Waals surface area contributed by atoms with Crippen LogP contribution in [0.25, 0.3) is 16.9 Å². The molecule has 0 saturated heterocycles. The van der Waals surface area contributed by atoms with Gasteiger partial charge < -0.3 is 4.90 Å². The maximum absolute atomic E-state index is 14.5. The number of aromatic nitrogens is 5. The van der Waals surface area contributed by atoms with Crippen LogP contribution in [0.2, 0.25) is 0 Å². The van der Waals surface area contributed by atoms with Gasteiger partial charge in [0.2, 0.25) is 0 Å². The molecule has 4 aromatic rings. The molecular weight excluding hydrogens is 478 g/mol. The Morgan fingerprint density at radius 2 is 1.71 bits per heavy atom. The zero-order chi connectivity index (χ0) is 25.5. The van der Waals surface area contributed by atoms with Crippen LogP contribution >= 0.6 is 0 Å². The summed E-state index contributed by atoms with van der Waals surface area (Å²) in [4.78, 5) is 18.2. The summed E-state index contributed by atoms with van der Waals surface area (Å²) in [6.45, 7) is 2.55. The van der Waals surface area contributed by atoms with Crippen molar-refractivity contribution in [3.05, 3.63) is 71.6 Å². The second-order valence-electron chi connectivity index (χ2n) is 7.73. The number of hydrogen-bond acceptors (Lipinski definition) is 4. The van der Waals surface area contributed by atoms with E-state index in [0.29, 0.717) is 22.8 Å². The van der Waals surface area contributed by atoms with E-state index in [1.54, 1.807) is 16.9 Å². The first kappa shape index (κ1) is 24.2. The minimum Gasteiger partial charge on any atom is -0.334 e. The van der Waals surface area contributed by atoms with E-state index >= 15 is 0 Å². The van der Waals surface area contributed by atoms with Gasteiger partial charge in [-0.15, -0.1) is 0 Å². The highest BCUT2D eigenvalue weighted by Gasteiger charge is 2.60. The monoisotopic (exact) mass is 496 g/mol. The zero-order valence-corrected chi connectivity index (χ0v) is 18.4.